The van der Waals surface area contributed by atoms with Gasteiger partial charge in [-0.25, -0.2) is 8.78 Å². The van der Waals surface area contributed by atoms with Gasteiger partial charge in [-0.2, -0.15) is 0 Å². The van der Waals surface area contributed by atoms with Gasteiger partial charge in [0.05, 0.1) is 19.8 Å². The zero-order valence-corrected chi connectivity index (χ0v) is 10.0. The van der Waals surface area contributed by atoms with Crippen LogP contribution >= 0.6 is 0 Å². The Kier molecular flexibility index (Phi) is 2.51. The second-order valence-electron chi connectivity index (χ2n) is 5.91. The Labute approximate surface area is 99.4 Å². The Hall–Kier alpha value is -0.260. The lowest BCUT2D eigenvalue weighted by Gasteiger charge is -2.54. The molecule has 0 radical (unpaired) electrons. The summed E-state index contributed by atoms with van der Waals surface area (Å²) in [5.74, 6) is -3.62. The van der Waals surface area contributed by atoms with Crippen LogP contribution in [0.2, 0.25) is 0 Å². The maximum atomic E-state index is 13.1. The van der Waals surface area contributed by atoms with Crippen molar-refractivity contribution in [2.75, 3.05) is 19.8 Å². The van der Waals surface area contributed by atoms with E-state index in [0.717, 1.165) is 0 Å². The van der Waals surface area contributed by atoms with Crippen molar-refractivity contribution in [2.24, 2.45) is 11.3 Å². The van der Waals surface area contributed by atoms with Gasteiger partial charge in [0.25, 0.3) is 5.97 Å². The molecule has 0 atom stereocenters. The van der Waals surface area contributed by atoms with Crippen LogP contribution in [0.4, 0.5) is 8.78 Å². The molecular weight excluding hydrogens is 230 g/mol. The number of rotatable bonds is 1. The summed E-state index contributed by atoms with van der Waals surface area (Å²) in [4.78, 5) is 0. The summed E-state index contributed by atoms with van der Waals surface area (Å²) in [6.45, 7) is 3.84. The van der Waals surface area contributed by atoms with E-state index in [1.54, 1.807) is 0 Å². The van der Waals surface area contributed by atoms with Crippen LogP contribution < -0.4 is 0 Å². The lowest BCUT2D eigenvalue weighted by atomic mass is 9.82. The van der Waals surface area contributed by atoms with Gasteiger partial charge in [-0.15, -0.1) is 0 Å². The van der Waals surface area contributed by atoms with Crippen LogP contribution in [-0.2, 0) is 14.2 Å². The van der Waals surface area contributed by atoms with Gasteiger partial charge in [0.2, 0.25) is 5.92 Å². The second-order valence-corrected chi connectivity index (χ2v) is 5.91. The standard InChI is InChI=1S/C12H18F2O3/c1-10-6-15-12(16-7-10,17-8-10)9-2-4-11(13,14)5-3-9/h9H,2-8H2,1H3. The van der Waals surface area contributed by atoms with Gasteiger partial charge >= 0.3 is 0 Å². The molecule has 17 heavy (non-hydrogen) atoms. The summed E-state index contributed by atoms with van der Waals surface area (Å²) in [7, 11) is 0. The van der Waals surface area contributed by atoms with Crippen LogP contribution in [0.5, 0.6) is 0 Å². The van der Waals surface area contributed by atoms with E-state index in [1.807, 2.05) is 6.92 Å². The van der Waals surface area contributed by atoms with Gasteiger partial charge in [-0.1, -0.05) is 6.92 Å². The van der Waals surface area contributed by atoms with Crippen molar-refractivity contribution >= 4 is 0 Å². The van der Waals surface area contributed by atoms with E-state index in [4.69, 9.17) is 14.2 Å². The molecule has 3 saturated heterocycles. The van der Waals surface area contributed by atoms with Gasteiger partial charge in [-0.05, 0) is 12.8 Å². The Morgan fingerprint density at radius 3 is 1.88 bits per heavy atom. The Morgan fingerprint density at radius 2 is 1.41 bits per heavy atom. The highest BCUT2D eigenvalue weighted by Crippen LogP contribution is 2.48. The molecule has 1 aliphatic carbocycles. The molecule has 0 unspecified atom stereocenters. The van der Waals surface area contributed by atoms with Crippen LogP contribution in [0.15, 0.2) is 0 Å². The third-order valence-electron chi connectivity index (χ3n) is 4.08. The minimum Gasteiger partial charge on any atom is -0.326 e. The van der Waals surface area contributed by atoms with Crippen LogP contribution in [0.1, 0.15) is 32.6 Å². The molecule has 0 aromatic rings. The highest BCUT2D eigenvalue weighted by Gasteiger charge is 2.56. The van der Waals surface area contributed by atoms with E-state index in [-0.39, 0.29) is 24.2 Å². The molecule has 98 valence electrons. The van der Waals surface area contributed by atoms with E-state index in [1.165, 1.54) is 0 Å². The van der Waals surface area contributed by atoms with Gasteiger partial charge in [0.15, 0.2) is 0 Å². The predicted octanol–water partition coefficient (Wildman–Crippen LogP) is 2.55. The van der Waals surface area contributed by atoms with Gasteiger partial charge in [0, 0.05) is 24.2 Å². The van der Waals surface area contributed by atoms with Crippen molar-refractivity contribution in [1.82, 2.24) is 0 Å². The third kappa shape index (κ3) is 1.98. The fourth-order valence-corrected chi connectivity index (χ4v) is 2.82. The summed E-state index contributed by atoms with van der Waals surface area (Å²) < 4.78 is 43.3. The lowest BCUT2D eigenvalue weighted by Crippen LogP contribution is -2.62. The molecule has 0 amide bonds. The van der Waals surface area contributed by atoms with E-state index in [2.05, 4.69) is 0 Å². The molecule has 3 aliphatic heterocycles. The number of hydrogen-bond acceptors (Lipinski definition) is 3. The molecule has 5 heteroatoms. The number of hydrogen-bond donors (Lipinski definition) is 0. The van der Waals surface area contributed by atoms with Gasteiger partial charge < -0.3 is 14.2 Å². The summed E-state index contributed by atoms with van der Waals surface area (Å²) in [5.41, 5.74) is -0.0691. The van der Waals surface area contributed by atoms with Crippen LogP contribution in [0, 0.1) is 11.3 Å². The molecule has 3 heterocycles. The third-order valence-corrected chi connectivity index (χ3v) is 4.08. The SMILES string of the molecule is CC12COC(C3CCC(F)(F)CC3)(OC1)OC2. The lowest BCUT2D eigenvalue weighted by molar-refractivity contribution is -0.486. The largest absolute Gasteiger partial charge is 0.326 e. The van der Waals surface area contributed by atoms with E-state index < -0.39 is 11.9 Å². The monoisotopic (exact) mass is 248 g/mol. The number of halogens is 2. The zero-order valence-electron chi connectivity index (χ0n) is 10.0. The number of alkyl halides is 2. The average molecular weight is 248 g/mol. The molecule has 1 saturated carbocycles. The summed E-state index contributed by atoms with van der Waals surface area (Å²) >= 11 is 0. The normalized spacial score (nSPS) is 46.1. The smallest absolute Gasteiger partial charge is 0.285 e. The van der Waals surface area contributed by atoms with E-state index in [0.29, 0.717) is 32.7 Å². The first kappa shape index (κ1) is 11.8. The van der Waals surface area contributed by atoms with Crippen LogP contribution in [0.3, 0.4) is 0 Å². The maximum absolute atomic E-state index is 13.1. The first-order valence-electron chi connectivity index (χ1n) is 6.23. The van der Waals surface area contributed by atoms with E-state index in [9.17, 15) is 8.78 Å². The Morgan fingerprint density at radius 1 is 0.941 bits per heavy atom. The Balaban J connectivity index is 1.69. The maximum Gasteiger partial charge on any atom is 0.285 e. The first-order valence-corrected chi connectivity index (χ1v) is 6.23. The molecule has 4 fully saturated rings. The summed E-state index contributed by atoms with van der Waals surface area (Å²) in [5, 5.41) is 0. The molecule has 4 aliphatic rings. The molecule has 0 aromatic carbocycles. The molecule has 2 bridgehead atoms. The molecular formula is C12H18F2O3. The Bertz CT molecular complexity index is 284. The molecule has 0 spiro atoms. The summed E-state index contributed by atoms with van der Waals surface area (Å²) in [6, 6.07) is 0. The van der Waals surface area contributed by atoms with Crippen molar-refractivity contribution in [3.63, 3.8) is 0 Å². The summed E-state index contributed by atoms with van der Waals surface area (Å²) in [6.07, 6.45) is 0.632. The number of fused-ring (bicyclic) bond motifs is 3. The fourth-order valence-electron chi connectivity index (χ4n) is 2.82. The van der Waals surface area contributed by atoms with Crippen molar-refractivity contribution in [2.45, 2.75) is 44.5 Å². The van der Waals surface area contributed by atoms with Crippen molar-refractivity contribution < 1.29 is 23.0 Å². The van der Waals surface area contributed by atoms with Gasteiger partial charge in [0.1, 0.15) is 0 Å². The van der Waals surface area contributed by atoms with Gasteiger partial charge in [-0.3, -0.25) is 0 Å². The molecule has 4 rings (SSSR count). The number of ether oxygens (including phenoxy) is 3. The highest BCUT2D eigenvalue weighted by molar-refractivity contribution is 4.90. The van der Waals surface area contributed by atoms with Crippen molar-refractivity contribution in [3.05, 3.63) is 0 Å². The highest BCUT2D eigenvalue weighted by atomic mass is 19.3. The minimum absolute atomic E-state index is 0.0630. The first-order chi connectivity index (χ1) is 7.93. The fraction of sp³-hybridized carbons (Fsp3) is 1.00. The molecule has 0 N–H and O–H groups in total. The van der Waals surface area contributed by atoms with Crippen LogP contribution in [-0.4, -0.2) is 31.7 Å². The molecule has 3 nitrogen and oxygen atoms in total. The average Bonchev–Trinajstić information content (AvgIpc) is 2.30. The van der Waals surface area contributed by atoms with Crippen molar-refractivity contribution in [3.8, 4) is 0 Å². The van der Waals surface area contributed by atoms with Crippen molar-refractivity contribution in [1.29, 1.82) is 0 Å². The quantitative estimate of drug-likeness (QED) is 0.713. The predicted molar refractivity (Wildman–Crippen MR) is 55.6 cm³/mol. The molecule has 0 aromatic heterocycles. The zero-order chi connectivity index (χ0) is 12.1. The minimum atomic E-state index is -2.52. The van der Waals surface area contributed by atoms with E-state index >= 15 is 0 Å². The topological polar surface area (TPSA) is 27.7 Å². The second kappa shape index (κ2) is 3.62. The van der Waals surface area contributed by atoms with Crippen LogP contribution in [0.25, 0.3) is 0 Å².